The van der Waals surface area contributed by atoms with E-state index in [9.17, 15) is 9.59 Å². The molecule has 1 N–H and O–H groups in total. The lowest BCUT2D eigenvalue weighted by Crippen LogP contribution is -2.34. The van der Waals surface area contributed by atoms with E-state index in [2.05, 4.69) is 10.4 Å². The van der Waals surface area contributed by atoms with Gasteiger partial charge in [-0.2, -0.15) is 5.10 Å². The Morgan fingerprint density at radius 2 is 1.84 bits per heavy atom. The van der Waals surface area contributed by atoms with Crippen LogP contribution in [-0.2, 0) is 7.05 Å². The molecule has 0 atom stereocenters. The number of carbonyl (C=O) groups is 1. The van der Waals surface area contributed by atoms with Crippen LogP contribution in [0, 0.1) is 0 Å². The summed E-state index contributed by atoms with van der Waals surface area (Å²) in [5, 5.41) is 7.39. The van der Waals surface area contributed by atoms with Crippen molar-refractivity contribution < 1.29 is 4.79 Å². The first-order chi connectivity index (χ1) is 12.1. The van der Waals surface area contributed by atoms with Crippen LogP contribution in [0.1, 0.15) is 48.9 Å². The number of hydrogen-bond donors (Lipinski definition) is 1. The van der Waals surface area contributed by atoms with Crippen molar-refractivity contribution in [2.75, 3.05) is 0 Å². The van der Waals surface area contributed by atoms with E-state index < -0.39 is 0 Å². The number of nitrogens with zero attached hydrogens (tertiary/aromatic N) is 3. The molecule has 6 heteroatoms. The molecular formula is C19H22N4O2. The predicted octanol–water partition coefficient (Wildman–Crippen LogP) is 2.64. The number of aromatic nitrogens is 3. The number of nitrogens with one attached hydrogen (secondary N) is 1. The highest BCUT2D eigenvalue weighted by atomic mass is 16.1. The minimum Gasteiger partial charge on any atom is -0.349 e. The van der Waals surface area contributed by atoms with Crippen molar-refractivity contribution >= 4 is 22.5 Å². The number of carbonyl (C=O) groups excluding carboxylic acids is 1. The first kappa shape index (κ1) is 15.9. The second-order valence-electron chi connectivity index (χ2n) is 6.86. The number of hydrogen-bond acceptors (Lipinski definition) is 3. The second-order valence-corrected chi connectivity index (χ2v) is 6.86. The van der Waals surface area contributed by atoms with Gasteiger partial charge in [-0.15, -0.1) is 0 Å². The molecule has 2 aromatic heterocycles. The summed E-state index contributed by atoms with van der Waals surface area (Å²) in [5.74, 6) is -0.0678. The third-order valence-corrected chi connectivity index (χ3v) is 5.18. The number of aryl methyl sites for hydroxylation is 1. The van der Waals surface area contributed by atoms with Crippen LogP contribution in [0.3, 0.4) is 0 Å². The van der Waals surface area contributed by atoms with Crippen molar-refractivity contribution in [2.45, 2.75) is 44.6 Å². The third kappa shape index (κ3) is 2.81. The summed E-state index contributed by atoms with van der Waals surface area (Å²) in [7, 11) is 1.73. The molecule has 1 aromatic carbocycles. The van der Waals surface area contributed by atoms with Crippen LogP contribution in [0.25, 0.3) is 16.6 Å². The van der Waals surface area contributed by atoms with Crippen LogP contribution in [0.15, 0.2) is 35.3 Å². The van der Waals surface area contributed by atoms with Crippen molar-refractivity contribution in [3.8, 4) is 0 Å². The highest BCUT2D eigenvalue weighted by Crippen LogP contribution is 2.19. The average Bonchev–Trinajstić information content (AvgIpc) is 2.98. The Bertz CT molecular complexity index is 994. The van der Waals surface area contributed by atoms with E-state index in [0.29, 0.717) is 16.6 Å². The fourth-order valence-electron chi connectivity index (χ4n) is 3.74. The topological polar surface area (TPSA) is 68.4 Å². The molecule has 1 saturated carbocycles. The van der Waals surface area contributed by atoms with Gasteiger partial charge in [0.15, 0.2) is 0 Å². The lowest BCUT2D eigenvalue weighted by Gasteiger charge is -2.16. The molecular weight excluding hydrogens is 316 g/mol. The van der Waals surface area contributed by atoms with E-state index in [4.69, 9.17) is 0 Å². The highest BCUT2D eigenvalue weighted by molar-refractivity contribution is 5.97. The van der Waals surface area contributed by atoms with Gasteiger partial charge < -0.3 is 9.88 Å². The molecule has 1 aliphatic rings. The summed E-state index contributed by atoms with van der Waals surface area (Å²) < 4.78 is 3.21. The minimum atomic E-state index is -0.119. The average molecular weight is 338 g/mol. The summed E-state index contributed by atoms with van der Waals surface area (Å²) >= 11 is 0. The molecule has 0 unspecified atom stereocenters. The van der Waals surface area contributed by atoms with E-state index in [1.165, 1.54) is 25.7 Å². The SMILES string of the molecule is Cn1c(=O)c2ccnn2c2ccc(C(=O)NC3CCCCCC3)cc21. The number of fused-ring (bicyclic) bond motifs is 3. The molecule has 1 fully saturated rings. The standard InChI is InChI=1S/C19H22N4O2/c1-22-17-12-13(18(24)21-14-6-4-2-3-5-7-14)8-9-15(17)23-16(19(22)25)10-11-20-23/h8-12,14H,2-7H2,1H3,(H,21,24). The van der Waals surface area contributed by atoms with Crippen molar-refractivity contribution in [1.82, 2.24) is 19.5 Å². The quantitative estimate of drug-likeness (QED) is 0.730. The Morgan fingerprint density at radius 3 is 2.60 bits per heavy atom. The largest absolute Gasteiger partial charge is 0.349 e. The van der Waals surface area contributed by atoms with Crippen molar-refractivity contribution in [3.05, 3.63) is 46.4 Å². The molecule has 0 aliphatic heterocycles. The van der Waals surface area contributed by atoms with Crippen molar-refractivity contribution in [2.24, 2.45) is 7.05 Å². The van der Waals surface area contributed by atoms with Crippen molar-refractivity contribution in [3.63, 3.8) is 0 Å². The number of amides is 1. The Labute approximate surface area is 145 Å². The Morgan fingerprint density at radius 1 is 1.08 bits per heavy atom. The molecule has 6 nitrogen and oxygen atoms in total. The molecule has 2 heterocycles. The fourth-order valence-corrected chi connectivity index (χ4v) is 3.74. The van der Waals surface area contributed by atoms with Crippen molar-refractivity contribution in [1.29, 1.82) is 0 Å². The van der Waals surface area contributed by atoms with Crippen LogP contribution in [-0.4, -0.2) is 26.1 Å². The van der Waals surface area contributed by atoms with Gasteiger partial charge in [-0.05, 0) is 37.1 Å². The molecule has 25 heavy (non-hydrogen) atoms. The molecule has 3 aromatic rings. The first-order valence-electron chi connectivity index (χ1n) is 8.92. The smallest absolute Gasteiger partial charge is 0.276 e. The summed E-state index contributed by atoms with van der Waals surface area (Å²) in [6.45, 7) is 0. The molecule has 1 aliphatic carbocycles. The Balaban J connectivity index is 1.71. The fraction of sp³-hybridized carbons (Fsp3) is 0.421. The van der Waals surface area contributed by atoms with Crippen LogP contribution in [0.5, 0.6) is 0 Å². The van der Waals surface area contributed by atoms with E-state index in [-0.39, 0.29) is 17.5 Å². The third-order valence-electron chi connectivity index (χ3n) is 5.18. The lowest BCUT2D eigenvalue weighted by molar-refractivity contribution is 0.0933. The number of rotatable bonds is 2. The summed E-state index contributed by atoms with van der Waals surface area (Å²) in [6, 6.07) is 7.40. The highest BCUT2D eigenvalue weighted by Gasteiger charge is 2.17. The van der Waals surface area contributed by atoms with E-state index >= 15 is 0 Å². The van der Waals surface area contributed by atoms with Gasteiger partial charge in [0.25, 0.3) is 11.5 Å². The van der Waals surface area contributed by atoms with Gasteiger partial charge in [-0.3, -0.25) is 9.59 Å². The monoisotopic (exact) mass is 338 g/mol. The van der Waals surface area contributed by atoms with Gasteiger partial charge in [0, 0.05) is 18.7 Å². The molecule has 0 spiro atoms. The summed E-state index contributed by atoms with van der Waals surface area (Å²) in [5.41, 5.74) is 2.51. The summed E-state index contributed by atoms with van der Waals surface area (Å²) in [6.07, 6.45) is 8.57. The van der Waals surface area contributed by atoms with E-state index in [1.807, 2.05) is 6.07 Å². The Hall–Kier alpha value is -2.63. The maximum absolute atomic E-state index is 12.7. The second kappa shape index (κ2) is 6.35. The Kier molecular flexibility index (Phi) is 4.03. The summed E-state index contributed by atoms with van der Waals surface area (Å²) in [4.78, 5) is 25.1. The zero-order chi connectivity index (χ0) is 17.4. The lowest BCUT2D eigenvalue weighted by atomic mass is 10.1. The van der Waals surface area contributed by atoms with Crippen LogP contribution in [0.4, 0.5) is 0 Å². The van der Waals surface area contributed by atoms with Gasteiger partial charge in [-0.1, -0.05) is 25.7 Å². The van der Waals surface area contributed by atoms with Crippen LogP contribution in [0.2, 0.25) is 0 Å². The van der Waals surface area contributed by atoms with Gasteiger partial charge in [-0.25, -0.2) is 4.52 Å². The van der Waals surface area contributed by atoms with Gasteiger partial charge in [0.1, 0.15) is 5.52 Å². The molecule has 4 rings (SSSR count). The molecule has 130 valence electrons. The minimum absolute atomic E-state index is 0.0678. The maximum Gasteiger partial charge on any atom is 0.276 e. The normalized spacial score (nSPS) is 16.2. The van der Waals surface area contributed by atoms with Crippen LogP contribution >= 0.6 is 0 Å². The van der Waals surface area contributed by atoms with Gasteiger partial charge in [0.2, 0.25) is 0 Å². The van der Waals surface area contributed by atoms with E-state index in [1.54, 1.807) is 40.5 Å². The predicted molar refractivity (Wildman–Crippen MR) is 96.9 cm³/mol. The molecule has 1 amide bonds. The zero-order valence-electron chi connectivity index (χ0n) is 14.4. The van der Waals surface area contributed by atoms with Gasteiger partial charge in [0.05, 0.1) is 17.2 Å². The van der Waals surface area contributed by atoms with Crippen LogP contribution < -0.4 is 10.9 Å². The number of benzene rings is 1. The zero-order valence-corrected chi connectivity index (χ0v) is 14.4. The molecule has 0 saturated heterocycles. The molecule has 0 radical (unpaired) electrons. The molecule has 0 bridgehead atoms. The van der Waals surface area contributed by atoms with E-state index in [0.717, 1.165) is 18.4 Å². The maximum atomic E-state index is 12.7. The van der Waals surface area contributed by atoms with Gasteiger partial charge >= 0.3 is 0 Å². The first-order valence-corrected chi connectivity index (χ1v) is 8.92.